The largest absolute Gasteiger partial charge is 0.454 e. The zero-order valence-corrected chi connectivity index (χ0v) is 9.02. The molecule has 0 N–H and O–H groups in total. The normalized spacial score (nSPS) is 13.1. The number of ether oxygens (including phenoxy) is 2. The van der Waals surface area contributed by atoms with Crippen molar-refractivity contribution < 1.29 is 9.47 Å². The molecule has 5 nitrogen and oxygen atoms in total. The van der Waals surface area contributed by atoms with E-state index in [-0.39, 0.29) is 6.79 Å². The molecule has 16 heavy (non-hydrogen) atoms. The van der Waals surface area contributed by atoms with Gasteiger partial charge in [-0.25, -0.2) is 0 Å². The van der Waals surface area contributed by atoms with Crippen molar-refractivity contribution in [3.63, 3.8) is 0 Å². The predicted octanol–water partition coefficient (Wildman–Crippen LogP) is 1.73. The summed E-state index contributed by atoms with van der Waals surface area (Å²) in [6.07, 6.45) is 1.62. The third kappa shape index (κ3) is 1.40. The van der Waals surface area contributed by atoms with E-state index in [9.17, 15) is 0 Å². The Balaban J connectivity index is 2.07. The van der Waals surface area contributed by atoms with Crippen molar-refractivity contribution >= 4 is 11.6 Å². The number of aromatic nitrogens is 3. The Hall–Kier alpha value is -1.75. The Bertz CT molecular complexity index is 527. The van der Waals surface area contributed by atoms with E-state index in [1.807, 2.05) is 22.8 Å². The average molecular weight is 238 g/mol. The lowest BCUT2D eigenvalue weighted by molar-refractivity contribution is 0.174. The Morgan fingerprint density at radius 2 is 2.19 bits per heavy atom. The molecule has 0 amide bonds. The fourth-order valence-corrected chi connectivity index (χ4v) is 1.78. The molecule has 0 fully saturated rings. The van der Waals surface area contributed by atoms with E-state index < -0.39 is 0 Å². The van der Waals surface area contributed by atoms with Gasteiger partial charge in [-0.15, -0.1) is 21.8 Å². The molecule has 0 atom stereocenters. The summed E-state index contributed by atoms with van der Waals surface area (Å²) in [7, 11) is 0. The Morgan fingerprint density at radius 3 is 3.06 bits per heavy atom. The molecule has 1 aliphatic heterocycles. The first-order valence-corrected chi connectivity index (χ1v) is 5.27. The van der Waals surface area contributed by atoms with Gasteiger partial charge in [0.15, 0.2) is 17.3 Å². The van der Waals surface area contributed by atoms with E-state index in [1.54, 1.807) is 6.33 Å². The lowest BCUT2D eigenvalue weighted by Gasteiger charge is -2.05. The summed E-state index contributed by atoms with van der Waals surface area (Å²) in [4.78, 5) is 0. The van der Waals surface area contributed by atoms with Gasteiger partial charge in [0.2, 0.25) is 6.79 Å². The maximum atomic E-state index is 5.76. The molecule has 1 aromatic carbocycles. The highest BCUT2D eigenvalue weighted by molar-refractivity contribution is 6.16. The minimum atomic E-state index is 0.267. The van der Waals surface area contributed by atoms with Crippen molar-refractivity contribution in [2.24, 2.45) is 0 Å². The number of benzene rings is 1. The van der Waals surface area contributed by atoms with Crippen LogP contribution in [-0.4, -0.2) is 21.6 Å². The first-order chi connectivity index (χ1) is 7.88. The fraction of sp³-hybridized carbons (Fsp3) is 0.200. The number of halogens is 1. The van der Waals surface area contributed by atoms with E-state index in [4.69, 9.17) is 21.1 Å². The number of alkyl halides is 1. The lowest BCUT2D eigenvalue weighted by Crippen LogP contribution is -1.97. The van der Waals surface area contributed by atoms with Crippen LogP contribution in [0.4, 0.5) is 0 Å². The molecule has 0 unspecified atom stereocenters. The Morgan fingerprint density at radius 1 is 1.31 bits per heavy atom. The first-order valence-electron chi connectivity index (χ1n) is 4.73. The summed E-state index contributed by atoms with van der Waals surface area (Å²) in [5.41, 5.74) is 0.907. The molecule has 0 bridgehead atoms. The second kappa shape index (κ2) is 3.68. The van der Waals surface area contributed by atoms with Crippen molar-refractivity contribution in [3.8, 4) is 17.2 Å². The van der Waals surface area contributed by atoms with Crippen LogP contribution in [0.2, 0.25) is 0 Å². The molecule has 0 radical (unpaired) electrons. The van der Waals surface area contributed by atoms with E-state index in [2.05, 4.69) is 10.2 Å². The monoisotopic (exact) mass is 237 g/mol. The highest BCUT2D eigenvalue weighted by Crippen LogP contribution is 2.33. The zero-order chi connectivity index (χ0) is 11.0. The van der Waals surface area contributed by atoms with Gasteiger partial charge in [0, 0.05) is 6.07 Å². The molecular weight excluding hydrogens is 230 g/mol. The highest BCUT2D eigenvalue weighted by atomic mass is 35.5. The molecule has 2 aromatic rings. The SMILES string of the molecule is ClCc1nncn1-c1ccc2c(c1)OCO2. The number of hydrogen-bond acceptors (Lipinski definition) is 4. The van der Waals surface area contributed by atoms with Crippen molar-refractivity contribution in [2.75, 3.05) is 6.79 Å². The van der Waals surface area contributed by atoms with Crippen LogP contribution in [-0.2, 0) is 5.88 Å². The Kier molecular flexibility index (Phi) is 2.18. The van der Waals surface area contributed by atoms with E-state index >= 15 is 0 Å². The van der Waals surface area contributed by atoms with Crippen molar-refractivity contribution in [2.45, 2.75) is 5.88 Å². The third-order valence-corrected chi connectivity index (χ3v) is 2.61. The van der Waals surface area contributed by atoms with Crippen LogP contribution in [0.15, 0.2) is 24.5 Å². The molecule has 0 saturated carbocycles. The number of rotatable bonds is 2. The van der Waals surface area contributed by atoms with Crippen LogP contribution in [0.25, 0.3) is 5.69 Å². The van der Waals surface area contributed by atoms with Gasteiger partial charge in [-0.2, -0.15) is 0 Å². The van der Waals surface area contributed by atoms with Gasteiger partial charge >= 0.3 is 0 Å². The molecule has 0 saturated heterocycles. The summed E-state index contributed by atoms with van der Waals surface area (Å²) in [5, 5.41) is 7.73. The minimum absolute atomic E-state index is 0.267. The number of fused-ring (bicyclic) bond motifs is 1. The number of nitrogens with zero attached hydrogens (tertiary/aromatic N) is 3. The first kappa shape index (κ1) is 9.47. The molecule has 1 aromatic heterocycles. The standard InChI is InChI=1S/C10H8ClN3O2/c11-4-10-13-12-5-14(10)7-1-2-8-9(3-7)16-6-15-8/h1-3,5H,4,6H2. The molecule has 1 aliphatic rings. The summed E-state index contributed by atoms with van der Waals surface area (Å²) in [5.74, 6) is 2.49. The third-order valence-electron chi connectivity index (χ3n) is 2.37. The van der Waals surface area contributed by atoms with Gasteiger partial charge in [0.1, 0.15) is 6.33 Å². The minimum Gasteiger partial charge on any atom is -0.454 e. The average Bonchev–Trinajstić information content (AvgIpc) is 2.96. The smallest absolute Gasteiger partial charge is 0.231 e. The summed E-state index contributed by atoms with van der Waals surface area (Å²) in [6.45, 7) is 0.267. The number of hydrogen-bond donors (Lipinski definition) is 0. The van der Waals surface area contributed by atoms with Gasteiger partial charge < -0.3 is 9.47 Å². The van der Waals surface area contributed by atoms with Gasteiger partial charge in [0.05, 0.1) is 11.6 Å². The van der Waals surface area contributed by atoms with Gasteiger partial charge in [-0.3, -0.25) is 4.57 Å². The molecule has 82 valence electrons. The molecule has 3 rings (SSSR count). The summed E-state index contributed by atoms with van der Waals surface area (Å²) in [6, 6.07) is 5.64. The molecular formula is C10H8ClN3O2. The molecule has 0 spiro atoms. The maximum absolute atomic E-state index is 5.76. The van der Waals surface area contributed by atoms with Crippen molar-refractivity contribution in [3.05, 3.63) is 30.4 Å². The van der Waals surface area contributed by atoms with E-state index in [1.165, 1.54) is 0 Å². The van der Waals surface area contributed by atoms with Crippen LogP contribution < -0.4 is 9.47 Å². The lowest BCUT2D eigenvalue weighted by atomic mass is 10.3. The van der Waals surface area contributed by atoms with E-state index in [0.29, 0.717) is 11.7 Å². The summed E-state index contributed by atoms with van der Waals surface area (Å²) >= 11 is 5.76. The van der Waals surface area contributed by atoms with Gasteiger partial charge in [0.25, 0.3) is 0 Å². The maximum Gasteiger partial charge on any atom is 0.231 e. The molecule has 6 heteroatoms. The predicted molar refractivity (Wildman–Crippen MR) is 57.0 cm³/mol. The molecule has 0 aliphatic carbocycles. The fourth-order valence-electron chi connectivity index (χ4n) is 1.60. The van der Waals surface area contributed by atoms with Crippen molar-refractivity contribution in [1.82, 2.24) is 14.8 Å². The van der Waals surface area contributed by atoms with Gasteiger partial charge in [-0.05, 0) is 12.1 Å². The highest BCUT2D eigenvalue weighted by Gasteiger charge is 2.14. The summed E-state index contributed by atoms with van der Waals surface area (Å²) < 4.78 is 12.4. The quantitative estimate of drug-likeness (QED) is 0.747. The molecule has 2 heterocycles. The van der Waals surface area contributed by atoms with Crippen LogP contribution in [0.5, 0.6) is 11.5 Å². The van der Waals surface area contributed by atoms with Crippen LogP contribution in [0.3, 0.4) is 0 Å². The van der Waals surface area contributed by atoms with Crippen LogP contribution in [0.1, 0.15) is 5.82 Å². The van der Waals surface area contributed by atoms with Crippen LogP contribution >= 0.6 is 11.6 Å². The van der Waals surface area contributed by atoms with Crippen molar-refractivity contribution in [1.29, 1.82) is 0 Å². The van der Waals surface area contributed by atoms with E-state index in [0.717, 1.165) is 17.2 Å². The topological polar surface area (TPSA) is 49.2 Å². The second-order valence-corrected chi connectivity index (χ2v) is 3.56. The Labute approximate surface area is 96.6 Å². The van der Waals surface area contributed by atoms with Crippen LogP contribution in [0, 0.1) is 0 Å². The second-order valence-electron chi connectivity index (χ2n) is 3.29. The van der Waals surface area contributed by atoms with Gasteiger partial charge in [-0.1, -0.05) is 0 Å². The zero-order valence-electron chi connectivity index (χ0n) is 8.26.